The highest BCUT2D eigenvalue weighted by Gasteiger charge is 2.16. The van der Waals surface area contributed by atoms with E-state index in [0.29, 0.717) is 24.7 Å². The van der Waals surface area contributed by atoms with Crippen LogP contribution in [0.15, 0.2) is 18.2 Å². The van der Waals surface area contributed by atoms with Crippen LogP contribution in [0, 0.1) is 5.92 Å². The molecular formula is C17H27NO3. The molecule has 1 aromatic carbocycles. The summed E-state index contributed by atoms with van der Waals surface area (Å²) in [5.74, 6) is 1.13. The third kappa shape index (κ3) is 6.17. The van der Waals surface area contributed by atoms with Gasteiger partial charge in [-0.3, -0.25) is 4.79 Å². The number of ether oxygens (including phenoxy) is 2. The van der Waals surface area contributed by atoms with Crippen molar-refractivity contribution >= 4 is 5.91 Å². The fourth-order valence-electron chi connectivity index (χ4n) is 1.85. The van der Waals surface area contributed by atoms with E-state index < -0.39 is 0 Å². The molecule has 4 nitrogen and oxygen atoms in total. The summed E-state index contributed by atoms with van der Waals surface area (Å²) in [6.45, 7) is 11.2. The maximum atomic E-state index is 12.2. The molecule has 0 fully saturated rings. The van der Waals surface area contributed by atoms with E-state index >= 15 is 0 Å². The minimum Gasteiger partial charge on any atom is -0.496 e. The Kier molecular flexibility index (Phi) is 6.21. The first-order valence-electron chi connectivity index (χ1n) is 7.30. The number of rotatable bonds is 6. The van der Waals surface area contributed by atoms with Gasteiger partial charge in [-0.1, -0.05) is 13.8 Å². The Bertz CT molecular complexity index is 475. The van der Waals surface area contributed by atoms with Gasteiger partial charge in [0.25, 0.3) is 5.91 Å². The molecule has 0 heterocycles. The highest BCUT2D eigenvalue weighted by atomic mass is 16.5. The van der Waals surface area contributed by atoms with Crippen molar-refractivity contribution in [2.24, 2.45) is 5.92 Å². The number of carbonyl (C=O) groups excluding carboxylic acids is 1. The molecule has 4 heteroatoms. The Hall–Kier alpha value is -1.55. The van der Waals surface area contributed by atoms with Crippen molar-refractivity contribution in [1.82, 2.24) is 5.32 Å². The molecule has 118 valence electrons. The zero-order valence-corrected chi connectivity index (χ0v) is 13.9. The Labute approximate surface area is 127 Å². The summed E-state index contributed by atoms with van der Waals surface area (Å²) in [5, 5.41) is 2.95. The van der Waals surface area contributed by atoms with Crippen LogP contribution in [0.2, 0.25) is 0 Å². The molecule has 0 spiro atoms. The quantitative estimate of drug-likeness (QED) is 0.874. The van der Waals surface area contributed by atoms with E-state index in [1.54, 1.807) is 13.2 Å². The van der Waals surface area contributed by atoms with E-state index in [2.05, 4.69) is 19.2 Å². The van der Waals surface area contributed by atoms with Crippen LogP contribution in [0.25, 0.3) is 0 Å². The van der Waals surface area contributed by atoms with Gasteiger partial charge in [0, 0.05) is 23.3 Å². The zero-order valence-electron chi connectivity index (χ0n) is 13.9. The molecule has 1 N–H and O–H groups in total. The second-order valence-corrected chi connectivity index (χ2v) is 6.64. The number of benzene rings is 1. The Morgan fingerprint density at radius 3 is 2.48 bits per heavy atom. The monoisotopic (exact) mass is 293 g/mol. The van der Waals surface area contributed by atoms with Gasteiger partial charge in [0.1, 0.15) is 5.75 Å². The Morgan fingerprint density at radius 2 is 1.95 bits per heavy atom. The molecule has 1 rings (SSSR count). The number of carbonyl (C=O) groups is 1. The third-order valence-corrected chi connectivity index (χ3v) is 2.74. The molecule has 0 saturated carbocycles. The number of nitrogens with one attached hydrogen (secondary N) is 1. The van der Waals surface area contributed by atoms with Crippen LogP contribution in [0.5, 0.6) is 5.75 Å². The summed E-state index contributed by atoms with van der Waals surface area (Å²) in [7, 11) is 1.62. The van der Waals surface area contributed by atoms with Crippen LogP contribution in [-0.4, -0.2) is 25.2 Å². The SMILES string of the molecule is COc1ccc(C(=O)NC(C)(C)C)cc1COCC(C)C. The molecule has 0 aliphatic heterocycles. The molecule has 0 radical (unpaired) electrons. The lowest BCUT2D eigenvalue weighted by Gasteiger charge is -2.21. The minimum absolute atomic E-state index is 0.0877. The number of hydrogen-bond acceptors (Lipinski definition) is 3. The number of methoxy groups -OCH3 is 1. The molecule has 0 bridgehead atoms. The predicted molar refractivity (Wildman–Crippen MR) is 84.7 cm³/mol. The van der Waals surface area contributed by atoms with Gasteiger partial charge in [0.2, 0.25) is 0 Å². The minimum atomic E-state index is -0.259. The van der Waals surface area contributed by atoms with E-state index in [1.807, 2.05) is 32.9 Å². The van der Waals surface area contributed by atoms with Crippen LogP contribution in [-0.2, 0) is 11.3 Å². The van der Waals surface area contributed by atoms with Crippen LogP contribution >= 0.6 is 0 Å². The molecule has 1 aromatic rings. The van der Waals surface area contributed by atoms with Gasteiger partial charge in [-0.05, 0) is 44.9 Å². The fraction of sp³-hybridized carbons (Fsp3) is 0.588. The molecule has 0 unspecified atom stereocenters. The standard InChI is InChI=1S/C17H27NO3/c1-12(2)10-21-11-14-9-13(7-8-15(14)20-6)16(19)18-17(3,4)5/h7-9,12H,10-11H2,1-6H3,(H,18,19). The average molecular weight is 293 g/mol. The first-order chi connectivity index (χ1) is 9.73. The smallest absolute Gasteiger partial charge is 0.251 e. The predicted octanol–water partition coefficient (Wildman–Crippen LogP) is 3.40. The lowest BCUT2D eigenvalue weighted by atomic mass is 10.1. The van der Waals surface area contributed by atoms with Crippen LogP contribution in [0.3, 0.4) is 0 Å². The molecule has 0 aliphatic rings. The second kappa shape index (κ2) is 7.46. The van der Waals surface area contributed by atoms with Gasteiger partial charge in [-0.15, -0.1) is 0 Å². The molecular weight excluding hydrogens is 266 g/mol. The van der Waals surface area contributed by atoms with Gasteiger partial charge < -0.3 is 14.8 Å². The first-order valence-corrected chi connectivity index (χ1v) is 7.30. The third-order valence-electron chi connectivity index (χ3n) is 2.74. The van der Waals surface area contributed by atoms with Crippen molar-refractivity contribution in [2.75, 3.05) is 13.7 Å². The Morgan fingerprint density at radius 1 is 1.29 bits per heavy atom. The summed E-state index contributed by atoms with van der Waals surface area (Å²) >= 11 is 0. The molecule has 0 atom stereocenters. The van der Waals surface area contributed by atoms with Gasteiger partial charge in [0.15, 0.2) is 0 Å². The van der Waals surface area contributed by atoms with Crippen molar-refractivity contribution in [2.45, 2.75) is 46.8 Å². The van der Waals surface area contributed by atoms with Crippen molar-refractivity contribution in [3.05, 3.63) is 29.3 Å². The second-order valence-electron chi connectivity index (χ2n) is 6.64. The highest BCUT2D eigenvalue weighted by molar-refractivity contribution is 5.95. The first kappa shape index (κ1) is 17.5. The average Bonchev–Trinajstić information content (AvgIpc) is 2.36. The van der Waals surface area contributed by atoms with Crippen molar-refractivity contribution in [3.63, 3.8) is 0 Å². The lowest BCUT2D eigenvalue weighted by Crippen LogP contribution is -2.40. The van der Waals surface area contributed by atoms with E-state index in [1.165, 1.54) is 0 Å². The van der Waals surface area contributed by atoms with Crippen molar-refractivity contribution < 1.29 is 14.3 Å². The number of amides is 1. The van der Waals surface area contributed by atoms with Gasteiger partial charge in [-0.25, -0.2) is 0 Å². The van der Waals surface area contributed by atoms with Crippen LogP contribution in [0.1, 0.15) is 50.5 Å². The van der Waals surface area contributed by atoms with E-state index in [0.717, 1.165) is 11.3 Å². The number of hydrogen-bond donors (Lipinski definition) is 1. The molecule has 0 aromatic heterocycles. The summed E-state index contributed by atoms with van der Waals surface area (Å²) in [5.41, 5.74) is 1.25. The summed E-state index contributed by atoms with van der Waals surface area (Å²) in [6, 6.07) is 5.41. The fourth-order valence-corrected chi connectivity index (χ4v) is 1.85. The van der Waals surface area contributed by atoms with Gasteiger partial charge in [0.05, 0.1) is 13.7 Å². The topological polar surface area (TPSA) is 47.6 Å². The van der Waals surface area contributed by atoms with Crippen molar-refractivity contribution in [3.8, 4) is 5.75 Å². The normalized spacial score (nSPS) is 11.6. The van der Waals surface area contributed by atoms with E-state index in [9.17, 15) is 4.79 Å². The molecule has 1 amide bonds. The summed E-state index contributed by atoms with van der Waals surface area (Å²) in [6.07, 6.45) is 0. The van der Waals surface area contributed by atoms with Crippen LogP contribution < -0.4 is 10.1 Å². The van der Waals surface area contributed by atoms with E-state index in [-0.39, 0.29) is 11.4 Å². The largest absolute Gasteiger partial charge is 0.496 e. The summed E-state index contributed by atoms with van der Waals surface area (Å²) in [4.78, 5) is 12.2. The zero-order chi connectivity index (χ0) is 16.0. The van der Waals surface area contributed by atoms with E-state index in [4.69, 9.17) is 9.47 Å². The summed E-state index contributed by atoms with van der Waals surface area (Å²) < 4.78 is 11.0. The van der Waals surface area contributed by atoms with Gasteiger partial charge in [-0.2, -0.15) is 0 Å². The molecule has 0 saturated heterocycles. The molecule has 21 heavy (non-hydrogen) atoms. The van der Waals surface area contributed by atoms with Gasteiger partial charge >= 0.3 is 0 Å². The van der Waals surface area contributed by atoms with Crippen molar-refractivity contribution in [1.29, 1.82) is 0 Å². The maximum Gasteiger partial charge on any atom is 0.251 e. The maximum absolute atomic E-state index is 12.2. The lowest BCUT2D eigenvalue weighted by molar-refractivity contribution is 0.0913. The van der Waals surface area contributed by atoms with Crippen LogP contribution in [0.4, 0.5) is 0 Å². The highest BCUT2D eigenvalue weighted by Crippen LogP contribution is 2.21. The molecule has 0 aliphatic carbocycles. The Balaban J connectivity index is 2.86.